The lowest BCUT2D eigenvalue weighted by Crippen LogP contribution is -2.34. The molecule has 3 N–H and O–H groups in total. The van der Waals surface area contributed by atoms with Crippen molar-refractivity contribution in [3.05, 3.63) is 0 Å². The molecular formula is C5H11NO2. The predicted octanol–water partition coefficient (Wildman–Crippen LogP) is 0.0543. The van der Waals surface area contributed by atoms with Gasteiger partial charge in [-0.15, -0.1) is 0 Å². The molecule has 0 fully saturated rings. The highest BCUT2D eigenvalue weighted by molar-refractivity contribution is 5.73. The second-order valence-electron chi connectivity index (χ2n) is 2.11. The van der Waals surface area contributed by atoms with Crippen LogP contribution in [-0.4, -0.2) is 17.1 Å². The van der Waals surface area contributed by atoms with Gasteiger partial charge >= 0.3 is 5.97 Å². The Kier molecular flexibility index (Phi) is 2.48. The molecule has 3 nitrogen and oxygen atoms in total. The fraction of sp³-hybridized carbons (Fsp3) is 0.800. The number of rotatable bonds is 2. The molecule has 1 unspecified atom stereocenters. The molecule has 1 atom stereocenters. The molecule has 8 heavy (non-hydrogen) atoms. The van der Waals surface area contributed by atoms with Crippen LogP contribution in [0, 0.1) is 5.92 Å². The lowest BCUT2D eigenvalue weighted by Gasteiger charge is -2.07. The van der Waals surface area contributed by atoms with Crippen molar-refractivity contribution in [2.45, 2.75) is 19.9 Å². The summed E-state index contributed by atoms with van der Waals surface area (Å²) in [6, 6.07) is -0.713. The summed E-state index contributed by atoms with van der Waals surface area (Å²) >= 11 is 0. The Morgan fingerprint density at radius 1 is 1.62 bits per heavy atom. The van der Waals surface area contributed by atoms with Crippen molar-refractivity contribution < 1.29 is 9.90 Å². The molecule has 0 heterocycles. The van der Waals surface area contributed by atoms with Crippen molar-refractivity contribution in [2.24, 2.45) is 11.7 Å². The quantitative estimate of drug-likeness (QED) is 0.504. The van der Waals surface area contributed by atoms with E-state index in [1.165, 1.54) is 0 Å². The van der Waals surface area contributed by atoms with Gasteiger partial charge in [0.15, 0.2) is 0 Å². The van der Waals surface area contributed by atoms with Gasteiger partial charge in [-0.2, -0.15) is 0 Å². The summed E-state index contributed by atoms with van der Waals surface area (Å²) in [7, 11) is 0. The topological polar surface area (TPSA) is 63.3 Å². The Morgan fingerprint density at radius 2 is 2.00 bits per heavy atom. The minimum absolute atomic E-state index is 0.0208. The summed E-state index contributed by atoms with van der Waals surface area (Å²) < 4.78 is 0. The van der Waals surface area contributed by atoms with Gasteiger partial charge in [-0.05, 0) is 5.92 Å². The fourth-order valence-corrected chi connectivity index (χ4v) is 0.285. The molecule has 0 saturated heterocycles. The molecule has 3 heteroatoms. The summed E-state index contributed by atoms with van der Waals surface area (Å²) in [6.45, 7) is 3.55. The van der Waals surface area contributed by atoms with Crippen LogP contribution in [0.3, 0.4) is 0 Å². The van der Waals surface area contributed by atoms with E-state index in [0.717, 1.165) is 0 Å². The average Bonchev–Trinajstić information content (AvgIpc) is 1.64. The maximum Gasteiger partial charge on any atom is 0.320 e. The molecule has 0 aromatic heterocycles. The zero-order chi connectivity index (χ0) is 6.73. The van der Waals surface area contributed by atoms with Gasteiger partial charge in [0.25, 0.3) is 0 Å². The molecule has 0 aliphatic rings. The van der Waals surface area contributed by atoms with Gasteiger partial charge in [-0.3, -0.25) is 4.79 Å². The normalized spacial score (nSPS) is 14.0. The fourth-order valence-electron chi connectivity index (χ4n) is 0.285. The predicted molar refractivity (Wildman–Crippen MR) is 30.4 cm³/mol. The van der Waals surface area contributed by atoms with E-state index in [-0.39, 0.29) is 5.92 Å². The number of nitrogens with two attached hydrogens (primary N) is 1. The zero-order valence-electron chi connectivity index (χ0n) is 5.09. The Balaban J connectivity index is 3.64. The van der Waals surface area contributed by atoms with Crippen molar-refractivity contribution in [3.63, 3.8) is 0 Å². The smallest absolute Gasteiger partial charge is 0.320 e. The van der Waals surface area contributed by atoms with E-state index in [9.17, 15) is 4.79 Å². The first-order chi connectivity index (χ1) is 3.55. The van der Waals surface area contributed by atoms with Gasteiger partial charge in [0.2, 0.25) is 0 Å². The van der Waals surface area contributed by atoms with Crippen LogP contribution in [0.1, 0.15) is 13.8 Å². The third-order valence-electron chi connectivity index (χ3n) is 1.00. The van der Waals surface area contributed by atoms with E-state index in [1.54, 1.807) is 13.8 Å². The highest BCUT2D eigenvalue weighted by Crippen LogP contribution is 1.96. The monoisotopic (exact) mass is 118 g/mol. The molecule has 0 aliphatic heterocycles. The Labute approximate surface area is 48.5 Å². The van der Waals surface area contributed by atoms with Crippen molar-refractivity contribution in [2.75, 3.05) is 0 Å². The van der Waals surface area contributed by atoms with Crippen LogP contribution in [0.2, 0.25) is 0 Å². The molecule has 0 spiro atoms. The second-order valence-corrected chi connectivity index (χ2v) is 2.11. The Hall–Kier alpha value is -0.570. The van der Waals surface area contributed by atoms with E-state index in [0.29, 0.717) is 0 Å². The summed E-state index contributed by atoms with van der Waals surface area (Å²) in [5.74, 6) is -0.910. The largest absolute Gasteiger partial charge is 0.480 e. The Morgan fingerprint density at radius 3 is 2.00 bits per heavy atom. The maximum absolute atomic E-state index is 10.0. The number of aliphatic carboxylic acids is 1. The van der Waals surface area contributed by atoms with E-state index in [1.807, 2.05) is 0 Å². The van der Waals surface area contributed by atoms with Crippen LogP contribution in [0.4, 0.5) is 0 Å². The summed E-state index contributed by atoms with van der Waals surface area (Å²) in [4.78, 5) is 10.0. The zero-order valence-corrected chi connectivity index (χ0v) is 5.09. The second kappa shape index (κ2) is 2.67. The first kappa shape index (κ1) is 7.43. The summed E-state index contributed by atoms with van der Waals surface area (Å²) in [5, 5.41) is 8.23. The SMILES string of the molecule is CC(C)[13CH](N)C(=O)O. The molecule has 0 radical (unpaired) electrons. The third kappa shape index (κ3) is 1.93. The first-order valence-electron chi connectivity index (χ1n) is 2.54. The van der Waals surface area contributed by atoms with Gasteiger partial charge < -0.3 is 10.8 Å². The summed E-state index contributed by atoms with van der Waals surface area (Å²) in [6.07, 6.45) is 0. The van der Waals surface area contributed by atoms with Crippen molar-refractivity contribution in [1.82, 2.24) is 0 Å². The maximum atomic E-state index is 10.0. The number of hydrogen-bond acceptors (Lipinski definition) is 2. The van der Waals surface area contributed by atoms with Crippen LogP contribution < -0.4 is 5.73 Å². The van der Waals surface area contributed by atoms with Gasteiger partial charge in [0.05, 0.1) is 0 Å². The van der Waals surface area contributed by atoms with E-state index in [4.69, 9.17) is 10.8 Å². The van der Waals surface area contributed by atoms with Gasteiger partial charge in [0.1, 0.15) is 6.04 Å². The minimum atomic E-state index is -0.931. The van der Waals surface area contributed by atoms with Crippen molar-refractivity contribution in [3.8, 4) is 0 Å². The van der Waals surface area contributed by atoms with Gasteiger partial charge in [-0.1, -0.05) is 13.8 Å². The summed E-state index contributed by atoms with van der Waals surface area (Å²) in [5.41, 5.74) is 5.16. The average molecular weight is 118 g/mol. The standard InChI is InChI=1S/C5H11NO2/c1-3(2)4(6)5(7)8/h3-4H,6H2,1-2H3,(H,7,8)/i4+1. The molecule has 0 saturated carbocycles. The number of hydrogen-bond donors (Lipinski definition) is 2. The lowest BCUT2D eigenvalue weighted by atomic mass is 10.3. The van der Waals surface area contributed by atoms with Crippen LogP contribution in [-0.2, 0) is 4.79 Å². The van der Waals surface area contributed by atoms with E-state index < -0.39 is 12.0 Å². The van der Waals surface area contributed by atoms with Crippen LogP contribution in [0.15, 0.2) is 0 Å². The van der Waals surface area contributed by atoms with Crippen LogP contribution in [0.5, 0.6) is 0 Å². The highest BCUT2D eigenvalue weighted by Gasteiger charge is 2.14. The molecule has 0 bridgehead atoms. The minimum Gasteiger partial charge on any atom is -0.480 e. The molecule has 0 aliphatic carbocycles. The van der Waals surface area contributed by atoms with Gasteiger partial charge in [-0.25, -0.2) is 0 Å². The van der Waals surface area contributed by atoms with Crippen molar-refractivity contribution >= 4 is 5.97 Å². The van der Waals surface area contributed by atoms with E-state index >= 15 is 0 Å². The third-order valence-corrected chi connectivity index (χ3v) is 1.00. The molecule has 0 rings (SSSR count). The first-order valence-corrected chi connectivity index (χ1v) is 2.54. The van der Waals surface area contributed by atoms with Crippen LogP contribution in [0.25, 0.3) is 0 Å². The molecule has 0 aromatic rings. The highest BCUT2D eigenvalue weighted by atomic mass is 16.4. The molecule has 48 valence electrons. The van der Waals surface area contributed by atoms with Crippen molar-refractivity contribution in [1.29, 1.82) is 0 Å². The Bertz CT molecular complexity index is 90.4. The van der Waals surface area contributed by atoms with Gasteiger partial charge in [0, 0.05) is 0 Å². The molecule has 0 amide bonds. The molecular weight excluding hydrogens is 107 g/mol. The molecule has 0 aromatic carbocycles. The lowest BCUT2D eigenvalue weighted by molar-refractivity contribution is -0.139. The van der Waals surface area contributed by atoms with Crippen LogP contribution >= 0.6 is 0 Å². The number of carboxylic acids is 1. The number of carbonyl (C=O) groups is 1. The number of carboxylic acid groups (broad SMARTS) is 1. The van der Waals surface area contributed by atoms with E-state index in [2.05, 4.69) is 0 Å².